The zero-order valence-electron chi connectivity index (χ0n) is 13.0. The first-order chi connectivity index (χ1) is 10.6. The van der Waals surface area contributed by atoms with Crippen LogP contribution in [0.25, 0.3) is 0 Å². The lowest BCUT2D eigenvalue weighted by Gasteiger charge is -2.24. The lowest BCUT2D eigenvalue weighted by atomic mass is 10.1. The lowest BCUT2D eigenvalue weighted by Crippen LogP contribution is -2.32. The molecule has 1 aliphatic heterocycles. The van der Waals surface area contributed by atoms with Crippen LogP contribution in [0.1, 0.15) is 30.3 Å². The molecule has 1 unspecified atom stereocenters. The van der Waals surface area contributed by atoms with Gasteiger partial charge in [-0.05, 0) is 37.1 Å². The van der Waals surface area contributed by atoms with Crippen molar-refractivity contribution in [3.8, 4) is 0 Å². The minimum absolute atomic E-state index is 0.0474. The molecule has 6 nitrogen and oxygen atoms in total. The van der Waals surface area contributed by atoms with E-state index in [1.165, 1.54) is 0 Å². The van der Waals surface area contributed by atoms with Gasteiger partial charge in [-0.3, -0.25) is 4.79 Å². The molecule has 0 bridgehead atoms. The van der Waals surface area contributed by atoms with Crippen molar-refractivity contribution >= 4 is 11.7 Å². The van der Waals surface area contributed by atoms with Gasteiger partial charge in [-0.1, -0.05) is 0 Å². The summed E-state index contributed by atoms with van der Waals surface area (Å²) in [5, 5.41) is 8.54. The lowest BCUT2D eigenvalue weighted by molar-refractivity contribution is -0.131. The third kappa shape index (κ3) is 2.95. The molecule has 0 aromatic carbocycles. The van der Waals surface area contributed by atoms with Crippen molar-refractivity contribution in [1.29, 1.82) is 0 Å². The van der Waals surface area contributed by atoms with E-state index in [1.807, 2.05) is 54.4 Å². The summed E-state index contributed by atoms with van der Waals surface area (Å²) < 4.78 is 0. The number of nitrogens with one attached hydrogen (secondary N) is 1. The molecule has 6 heteroatoms. The summed E-state index contributed by atoms with van der Waals surface area (Å²) in [7, 11) is 3.87. The molecule has 2 aromatic heterocycles. The summed E-state index contributed by atoms with van der Waals surface area (Å²) in [4.78, 5) is 19.5. The number of H-pyrrole nitrogens is 1. The van der Waals surface area contributed by atoms with E-state index in [9.17, 15) is 4.79 Å². The van der Waals surface area contributed by atoms with Crippen LogP contribution in [-0.4, -0.2) is 46.6 Å². The van der Waals surface area contributed by atoms with Crippen molar-refractivity contribution in [1.82, 2.24) is 20.1 Å². The molecule has 1 atom stereocenters. The van der Waals surface area contributed by atoms with Gasteiger partial charge in [0.25, 0.3) is 0 Å². The maximum absolute atomic E-state index is 12.5. The molecule has 1 amide bonds. The number of aromatic amines is 1. The van der Waals surface area contributed by atoms with Crippen LogP contribution in [0.15, 0.2) is 30.5 Å². The second-order valence-corrected chi connectivity index (χ2v) is 5.83. The van der Waals surface area contributed by atoms with Crippen LogP contribution in [0.2, 0.25) is 0 Å². The summed E-state index contributed by atoms with van der Waals surface area (Å²) in [6, 6.07) is 7.83. The van der Waals surface area contributed by atoms with Gasteiger partial charge in [0.1, 0.15) is 0 Å². The Bertz CT molecular complexity index is 620. The van der Waals surface area contributed by atoms with Crippen LogP contribution in [0.5, 0.6) is 0 Å². The number of rotatable bonds is 4. The molecule has 3 heterocycles. The highest BCUT2D eigenvalue weighted by atomic mass is 16.2. The van der Waals surface area contributed by atoms with Crippen LogP contribution in [-0.2, 0) is 11.2 Å². The van der Waals surface area contributed by atoms with E-state index >= 15 is 0 Å². The van der Waals surface area contributed by atoms with Gasteiger partial charge in [-0.15, -0.1) is 5.10 Å². The van der Waals surface area contributed by atoms with Crippen molar-refractivity contribution < 1.29 is 4.79 Å². The van der Waals surface area contributed by atoms with E-state index in [0.717, 1.165) is 36.6 Å². The Balaban J connectivity index is 1.73. The fourth-order valence-electron chi connectivity index (χ4n) is 2.87. The molecule has 0 radical (unpaired) electrons. The molecule has 1 saturated heterocycles. The van der Waals surface area contributed by atoms with Crippen molar-refractivity contribution in [3.05, 3.63) is 41.9 Å². The molecule has 1 N–H and O–H groups in total. The van der Waals surface area contributed by atoms with E-state index in [2.05, 4.69) is 15.2 Å². The Hall–Kier alpha value is -2.37. The van der Waals surface area contributed by atoms with Crippen molar-refractivity contribution in [2.24, 2.45) is 0 Å². The first kappa shape index (κ1) is 14.6. The van der Waals surface area contributed by atoms with E-state index in [0.29, 0.717) is 6.42 Å². The molecule has 2 aromatic rings. The van der Waals surface area contributed by atoms with E-state index < -0.39 is 0 Å². The van der Waals surface area contributed by atoms with E-state index in [-0.39, 0.29) is 11.9 Å². The molecular formula is C16H21N5O. The number of carbonyl (C=O) groups excluding carboxylic acids is 1. The summed E-state index contributed by atoms with van der Waals surface area (Å²) in [6.07, 6.45) is 4.22. The number of carbonyl (C=O) groups is 1. The second kappa shape index (κ2) is 6.17. The fraction of sp³-hybridized carbons (Fsp3) is 0.438. The Morgan fingerprint density at radius 3 is 2.86 bits per heavy atom. The van der Waals surface area contributed by atoms with Gasteiger partial charge in [0.15, 0.2) is 5.82 Å². The topological polar surface area (TPSA) is 65.1 Å². The van der Waals surface area contributed by atoms with Crippen LogP contribution in [0, 0.1) is 0 Å². The van der Waals surface area contributed by atoms with Crippen molar-refractivity contribution in [2.75, 3.05) is 25.5 Å². The minimum Gasteiger partial charge on any atom is -0.365 e. The highest BCUT2D eigenvalue weighted by Gasteiger charge is 2.31. The normalized spacial score (nSPS) is 17.7. The molecule has 0 aliphatic carbocycles. The zero-order valence-corrected chi connectivity index (χ0v) is 13.0. The van der Waals surface area contributed by atoms with Gasteiger partial charge in [0.2, 0.25) is 5.91 Å². The maximum atomic E-state index is 12.5. The molecule has 22 heavy (non-hydrogen) atoms. The maximum Gasteiger partial charge on any atom is 0.229 e. The number of aromatic nitrogens is 3. The molecule has 1 fully saturated rings. The number of nitrogens with zero attached hydrogens (tertiary/aromatic N) is 4. The molecule has 1 aliphatic rings. The first-order valence-electron chi connectivity index (χ1n) is 7.58. The third-order valence-corrected chi connectivity index (χ3v) is 4.05. The fourth-order valence-corrected chi connectivity index (χ4v) is 2.87. The SMILES string of the molecule is CN(C)c1ccc(C2CCCN2C(=O)Cc2ccc[nH]2)nn1. The predicted molar refractivity (Wildman–Crippen MR) is 84.5 cm³/mol. The van der Waals surface area contributed by atoms with Crippen LogP contribution < -0.4 is 4.90 Å². The number of hydrogen-bond donors (Lipinski definition) is 1. The zero-order chi connectivity index (χ0) is 15.5. The smallest absolute Gasteiger partial charge is 0.229 e. The highest BCUT2D eigenvalue weighted by Crippen LogP contribution is 2.31. The van der Waals surface area contributed by atoms with Gasteiger partial charge < -0.3 is 14.8 Å². The number of hydrogen-bond acceptors (Lipinski definition) is 4. The Morgan fingerprint density at radius 2 is 2.23 bits per heavy atom. The monoisotopic (exact) mass is 299 g/mol. The summed E-state index contributed by atoms with van der Waals surface area (Å²) >= 11 is 0. The highest BCUT2D eigenvalue weighted by molar-refractivity contribution is 5.79. The standard InChI is InChI=1S/C16H21N5O/c1-20(2)15-8-7-13(18-19-15)14-6-4-10-21(14)16(22)11-12-5-3-9-17-12/h3,5,7-9,14,17H,4,6,10-11H2,1-2H3. The average molecular weight is 299 g/mol. The Kier molecular flexibility index (Phi) is 4.09. The minimum atomic E-state index is 0.0474. The molecule has 116 valence electrons. The second-order valence-electron chi connectivity index (χ2n) is 5.83. The molecule has 3 rings (SSSR count). The quantitative estimate of drug-likeness (QED) is 0.934. The first-order valence-corrected chi connectivity index (χ1v) is 7.58. The van der Waals surface area contributed by atoms with Crippen molar-refractivity contribution in [3.63, 3.8) is 0 Å². The number of anilines is 1. The molecule has 0 spiro atoms. The summed E-state index contributed by atoms with van der Waals surface area (Å²) in [6.45, 7) is 0.793. The van der Waals surface area contributed by atoms with Crippen LogP contribution in [0.3, 0.4) is 0 Å². The third-order valence-electron chi connectivity index (χ3n) is 4.05. The number of amides is 1. The van der Waals surface area contributed by atoms with Gasteiger partial charge >= 0.3 is 0 Å². The number of likely N-dealkylation sites (tertiary alicyclic amines) is 1. The molecular weight excluding hydrogens is 278 g/mol. The van der Waals surface area contributed by atoms with Crippen LogP contribution in [0.4, 0.5) is 5.82 Å². The van der Waals surface area contributed by atoms with E-state index in [1.54, 1.807) is 0 Å². The van der Waals surface area contributed by atoms with Gasteiger partial charge in [0, 0.05) is 32.5 Å². The Morgan fingerprint density at radius 1 is 1.36 bits per heavy atom. The Labute approximate surface area is 130 Å². The summed E-state index contributed by atoms with van der Waals surface area (Å²) in [5.41, 5.74) is 1.83. The van der Waals surface area contributed by atoms with Crippen LogP contribution >= 0.6 is 0 Å². The van der Waals surface area contributed by atoms with E-state index in [4.69, 9.17) is 0 Å². The van der Waals surface area contributed by atoms with Gasteiger partial charge in [0.05, 0.1) is 18.2 Å². The van der Waals surface area contributed by atoms with Gasteiger partial charge in [-0.25, -0.2) is 0 Å². The predicted octanol–water partition coefficient (Wildman–Crippen LogP) is 1.78. The summed E-state index contributed by atoms with van der Waals surface area (Å²) in [5.74, 6) is 0.967. The average Bonchev–Trinajstić information content (AvgIpc) is 3.18. The molecule has 0 saturated carbocycles. The van der Waals surface area contributed by atoms with Crippen molar-refractivity contribution in [2.45, 2.75) is 25.3 Å². The van der Waals surface area contributed by atoms with Gasteiger partial charge in [-0.2, -0.15) is 5.10 Å². The largest absolute Gasteiger partial charge is 0.365 e.